The number of H-pyrrole nitrogens is 1. The summed E-state index contributed by atoms with van der Waals surface area (Å²) in [7, 11) is 0. The molecular formula is C25H20ClN5O. The molecule has 1 atom stereocenters. The molecule has 1 amide bonds. The van der Waals surface area contributed by atoms with Crippen LogP contribution in [0.2, 0.25) is 5.02 Å². The minimum Gasteiger partial charge on any atom is -0.345 e. The number of rotatable bonds is 6. The van der Waals surface area contributed by atoms with Gasteiger partial charge in [0.25, 0.3) is 5.91 Å². The van der Waals surface area contributed by atoms with Gasteiger partial charge < -0.3 is 10.3 Å². The third kappa shape index (κ3) is 4.13. The van der Waals surface area contributed by atoms with Crippen LogP contribution in [0.4, 0.5) is 0 Å². The average Bonchev–Trinajstić information content (AvgIpc) is 3.48. The van der Waals surface area contributed by atoms with Crippen molar-refractivity contribution in [3.8, 4) is 0 Å². The number of hydrogen-bond acceptors (Lipinski definition) is 3. The molecule has 0 saturated carbocycles. The summed E-state index contributed by atoms with van der Waals surface area (Å²) in [6.07, 6.45) is 4.98. The highest BCUT2D eigenvalue weighted by molar-refractivity contribution is 6.31. The maximum absolute atomic E-state index is 13.1. The van der Waals surface area contributed by atoms with Crippen LogP contribution in [0.25, 0.3) is 11.0 Å². The second-order valence-electron chi connectivity index (χ2n) is 7.51. The van der Waals surface area contributed by atoms with E-state index in [1.165, 1.54) is 0 Å². The second-order valence-corrected chi connectivity index (χ2v) is 7.92. The highest BCUT2D eigenvalue weighted by atomic mass is 35.5. The van der Waals surface area contributed by atoms with Gasteiger partial charge in [0.05, 0.1) is 41.7 Å². The molecule has 0 aliphatic carbocycles. The van der Waals surface area contributed by atoms with Gasteiger partial charge in [-0.25, -0.2) is 4.98 Å². The van der Waals surface area contributed by atoms with E-state index in [1.54, 1.807) is 23.4 Å². The zero-order valence-electron chi connectivity index (χ0n) is 17.1. The number of benzene rings is 3. The highest BCUT2D eigenvalue weighted by Crippen LogP contribution is 2.25. The van der Waals surface area contributed by atoms with Crippen molar-refractivity contribution in [2.45, 2.75) is 12.6 Å². The molecule has 0 fully saturated rings. The van der Waals surface area contributed by atoms with Gasteiger partial charge in [-0.1, -0.05) is 66.2 Å². The van der Waals surface area contributed by atoms with E-state index in [0.717, 1.165) is 27.7 Å². The van der Waals surface area contributed by atoms with E-state index in [2.05, 4.69) is 20.4 Å². The Morgan fingerprint density at radius 1 is 1.03 bits per heavy atom. The van der Waals surface area contributed by atoms with Crippen LogP contribution >= 0.6 is 11.6 Å². The molecule has 2 N–H and O–H groups in total. The lowest BCUT2D eigenvalue weighted by atomic mass is 9.98. The molecular weight excluding hydrogens is 422 g/mol. The first-order valence-electron chi connectivity index (χ1n) is 10.2. The molecule has 158 valence electrons. The van der Waals surface area contributed by atoms with Crippen LogP contribution < -0.4 is 5.32 Å². The van der Waals surface area contributed by atoms with Crippen LogP contribution in [0.15, 0.2) is 91.5 Å². The Bertz CT molecular complexity index is 1380. The molecule has 32 heavy (non-hydrogen) atoms. The largest absolute Gasteiger partial charge is 0.345 e. The third-order valence-electron chi connectivity index (χ3n) is 5.37. The maximum atomic E-state index is 13.1. The number of halogens is 1. The summed E-state index contributed by atoms with van der Waals surface area (Å²) in [5.74, 6) is -0.200. The Balaban J connectivity index is 1.41. The quantitative estimate of drug-likeness (QED) is 0.390. The number of amides is 1. The number of hydrogen-bond donors (Lipinski definition) is 2. The van der Waals surface area contributed by atoms with Crippen LogP contribution in [-0.4, -0.2) is 25.7 Å². The van der Waals surface area contributed by atoms with Crippen LogP contribution in [0, 0.1) is 0 Å². The Hall–Kier alpha value is -3.90. The molecule has 0 radical (unpaired) electrons. The number of nitrogens with one attached hydrogen (secondary N) is 2. The van der Waals surface area contributed by atoms with Gasteiger partial charge in [-0.05, 0) is 34.9 Å². The van der Waals surface area contributed by atoms with Crippen molar-refractivity contribution in [3.05, 3.63) is 119 Å². The van der Waals surface area contributed by atoms with Gasteiger partial charge in [0.15, 0.2) is 0 Å². The molecule has 0 saturated heterocycles. The molecule has 1 unspecified atom stereocenters. The summed E-state index contributed by atoms with van der Waals surface area (Å²) >= 11 is 6.25. The first kappa shape index (κ1) is 20.0. The zero-order valence-corrected chi connectivity index (χ0v) is 17.8. The standard InChI is InChI=1S/C25H20ClN5O/c26-21-9-5-4-8-19(21)14-31-15-20(13-29-31)25(32)30-24(17-6-2-1-3-7-17)18-10-11-22-23(12-18)28-16-27-22/h1-13,15-16,24H,14H2,(H,27,28)(H,30,32). The lowest BCUT2D eigenvalue weighted by molar-refractivity contribution is 0.0943. The monoisotopic (exact) mass is 441 g/mol. The van der Waals surface area contributed by atoms with Crippen LogP contribution in [0.3, 0.4) is 0 Å². The van der Waals surface area contributed by atoms with E-state index >= 15 is 0 Å². The molecule has 5 rings (SSSR count). The highest BCUT2D eigenvalue weighted by Gasteiger charge is 2.19. The first-order chi connectivity index (χ1) is 15.7. The van der Waals surface area contributed by atoms with Gasteiger partial charge in [-0.3, -0.25) is 9.48 Å². The van der Waals surface area contributed by atoms with E-state index in [9.17, 15) is 4.79 Å². The van der Waals surface area contributed by atoms with E-state index in [4.69, 9.17) is 11.6 Å². The first-order valence-corrected chi connectivity index (χ1v) is 10.6. The smallest absolute Gasteiger partial charge is 0.255 e. The fraction of sp³-hybridized carbons (Fsp3) is 0.0800. The van der Waals surface area contributed by atoms with Crippen molar-refractivity contribution in [1.82, 2.24) is 25.1 Å². The van der Waals surface area contributed by atoms with E-state index in [-0.39, 0.29) is 11.9 Å². The predicted octanol–water partition coefficient (Wildman–Crippen LogP) is 4.98. The van der Waals surface area contributed by atoms with Crippen LogP contribution in [0.5, 0.6) is 0 Å². The topological polar surface area (TPSA) is 75.6 Å². The summed E-state index contributed by atoms with van der Waals surface area (Å²) in [5.41, 5.74) is 5.19. The molecule has 0 spiro atoms. The van der Waals surface area contributed by atoms with Gasteiger partial charge in [-0.15, -0.1) is 0 Å². The number of nitrogens with zero attached hydrogens (tertiary/aromatic N) is 3. The second kappa shape index (κ2) is 8.69. The fourth-order valence-corrected chi connectivity index (χ4v) is 3.92. The Kier molecular flexibility index (Phi) is 5.44. The zero-order chi connectivity index (χ0) is 21.9. The van der Waals surface area contributed by atoms with Gasteiger partial charge in [0.1, 0.15) is 0 Å². The average molecular weight is 442 g/mol. The number of aromatic nitrogens is 4. The molecule has 3 aromatic carbocycles. The summed E-state index contributed by atoms with van der Waals surface area (Å²) in [6, 6.07) is 23.1. The number of imidazole rings is 1. The van der Waals surface area contributed by atoms with Gasteiger partial charge in [0.2, 0.25) is 0 Å². The molecule has 0 aliphatic heterocycles. The lowest BCUT2D eigenvalue weighted by Gasteiger charge is -2.19. The summed E-state index contributed by atoms with van der Waals surface area (Å²) in [5, 5.41) is 8.18. The van der Waals surface area contributed by atoms with E-state index in [0.29, 0.717) is 17.1 Å². The van der Waals surface area contributed by atoms with Crippen molar-refractivity contribution in [1.29, 1.82) is 0 Å². The van der Waals surface area contributed by atoms with Crippen LogP contribution in [-0.2, 0) is 6.54 Å². The molecule has 7 heteroatoms. The lowest BCUT2D eigenvalue weighted by Crippen LogP contribution is -2.29. The van der Waals surface area contributed by atoms with Crippen LogP contribution in [0.1, 0.15) is 33.1 Å². The summed E-state index contributed by atoms with van der Waals surface area (Å²) < 4.78 is 1.71. The van der Waals surface area contributed by atoms with E-state index < -0.39 is 0 Å². The number of fused-ring (bicyclic) bond motifs is 1. The minimum absolute atomic E-state index is 0.200. The molecule has 2 aromatic heterocycles. The Morgan fingerprint density at radius 2 is 1.84 bits per heavy atom. The van der Waals surface area contributed by atoms with Crippen molar-refractivity contribution in [2.24, 2.45) is 0 Å². The Labute approximate surface area is 189 Å². The molecule has 2 heterocycles. The fourth-order valence-electron chi connectivity index (χ4n) is 3.72. The number of aromatic amines is 1. The maximum Gasteiger partial charge on any atom is 0.255 e. The normalized spacial score (nSPS) is 12.0. The van der Waals surface area contributed by atoms with Gasteiger partial charge in [0, 0.05) is 11.2 Å². The van der Waals surface area contributed by atoms with Crippen molar-refractivity contribution in [3.63, 3.8) is 0 Å². The van der Waals surface area contributed by atoms with Crippen molar-refractivity contribution >= 4 is 28.5 Å². The van der Waals surface area contributed by atoms with Gasteiger partial charge >= 0.3 is 0 Å². The molecule has 6 nitrogen and oxygen atoms in total. The van der Waals surface area contributed by atoms with E-state index in [1.807, 2.05) is 72.8 Å². The van der Waals surface area contributed by atoms with Crippen molar-refractivity contribution < 1.29 is 4.79 Å². The van der Waals surface area contributed by atoms with Gasteiger partial charge in [-0.2, -0.15) is 5.10 Å². The minimum atomic E-state index is -0.316. The third-order valence-corrected chi connectivity index (χ3v) is 5.74. The molecule has 0 aliphatic rings. The number of carbonyl (C=O) groups excluding carboxylic acids is 1. The summed E-state index contributed by atoms with van der Waals surface area (Å²) in [4.78, 5) is 20.6. The summed E-state index contributed by atoms with van der Waals surface area (Å²) in [6.45, 7) is 0.492. The molecule has 0 bridgehead atoms. The number of carbonyl (C=O) groups is 1. The van der Waals surface area contributed by atoms with Crippen molar-refractivity contribution in [2.75, 3.05) is 0 Å². The SMILES string of the molecule is O=C(NC(c1ccccc1)c1ccc2nc[nH]c2c1)c1cnn(Cc2ccccc2Cl)c1. The predicted molar refractivity (Wildman–Crippen MR) is 125 cm³/mol. The Morgan fingerprint density at radius 3 is 2.69 bits per heavy atom. The molecule has 5 aromatic rings.